The number of nitrogens with one attached hydrogen (secondary N) is 1. The molecule has 3 nitrogen and oxygen atoms in total. The van der Waals surface area contributed by atoms with E-state index < -0.39 is 0 Å². The van der Waals surface area contributed by atoms with Gasteiger partial charge in [-0.3, -0.25) is 0 Å². The third kappa shape index (κ3) is 5.35. The van der Waals surface area contributed by atoms with Crippen LogP contribution in [0.3, 0.4) is 0 Å². The van der Waals surface area contributed by atoms with E-state index in [1.54, 1.807) is 14.2 Å². The van der Waals surface area contributed by atoms with Gasteiger partial charge in [0.2, 0.25) is 0 Å². The lowest BCUT2D eigenvalue weighted by atomic mass is 10.1. The molecule has 0 amide bonds. The second-order valence-corrected chi connectivity index (χ2v) is 6.24. The Labute approximate surface area is 142 Å². The molecule has 0 aliphatic heterocycles. The zero-order valence-electron chi connectivity index (χ0n) is 12.8. The quantitative estimate of drug-likeness (QED) is 0.753. The molecule has 1 saturated carbocycles. The van der Waals surface area contributed by atoms with Crippen molar-refractivity contribution in [3.05, 3.63) is 22.2 Å². The van der Waals surface area contributed by atoms with Gasteiger partial charge in [-0.25, -0.2) is 0 Å². The maximum atomic E-state index is 5.39. The van der Waals surface area contributed by atoms with Gasteiger partial charge in [-0.05, 0) is 46.5 Å². The Balaban J connectivity index is 0.00000220. The van der Waals surface area contributed by atoms with Crippen LogP contribution in [0.15, 0.2) is 16.6 Å². The summed E-state index contributed by atoms with van der Waals surface area (Å²) in [5, 5.41) is 3.68. The van der Waals surface area contributed by atoms with Gasteiger partial charge in [0.15, 0.2) is 11.5 Å². The van der Waals surface area contributed by atoms with Gasteiger partial charge in [-0.2, -0.15) is 0 Å². The van der Waals surface area contributed by atoms with Crippen molar-refractivity contribution in [2.24, 2.45) is 0 Å². The van der Waals surface area contributed by atoms with Gasteiger partial charge >= 0.3 is 0 Å². The van der Waals surface area contributed by atoms with E-state index in [9.17, 15) is 0 Å². The second kappa shape index (κ2) is 9.54. The van der Waals surface area contributed by atoms with Crippen LogP contribution in [0.1, 0.15) is 44.1 Å². The van der Waals surface area contributed by atoms with Crippen molar-refractivity contribution < 1.29 is 9.47 Å². The Morgan fingerprint density at radius 2 is 1.76 bits per heavy atom. The number of ether oxygens (including phenoxy) is 2. The minimum atomic E-state index is 0. The van der Waals surface area contributed by atoms with Gasteiger partial charge in [-0.1, -0.05) is 25.7 Å². The zero-order valence-corrected chi connectivity index (χ0v) is 15.2. The van der Waals surface area contributed by atoms with Crippen LogP contribution in [0.2, 0.25) is 0 Å². The lowest BCUT2D eigenvalue weighted by Gasteiger charge is -2.17. The van der Waals surface area contributed by atoms with Gasteiger partial charge in [0.1, 0.15) is 0 Å². The minimum Gasteiger partial charge on any atom is -0.493 e. The number of methoxy groups -OCH3 is 2. The molecule has 0 heterocycles. The zero-order chi connectivity index (χ0) is 14.4. The van der Waals surface area contributed by atoms with Crippen molar-refractivity contribution in [2.45, 2.75) is 51.1 Å². The lowest BCUT2D eigenvalue weighted by molar-refractivity contribution is 0.352. The molecule has 1 aliphatic rings. The lowest BCUT2D eigenvalue weighted by Crippen LogP contribution is -2.27. The smallest absolute Gasteiger partial charge is 0.174 e. The molecule has 1 aromatic carbocycles. The summed E-state index contributed by atoms with van der Waals surface area (Å²) in [6, 6.07) is 4.81. The van der Waals surface area contributed by atoms with Crippen molar-refractivity contribution in [3.8, 4) is 11.5 Å². The molecule has 0 atom stereocenters. The fraction of sp³-hybridized carbons (Fsp3) is 0.625. The summed E-state index contributed by atoms with van der Waals surface area (Å²) >= 11 is 3.54. The average Bonchev–Trinajstić information content (AvgIpc) is 2.73. The molecule has 0 unspecified atom stereocenters. The molecule has 1 aromatic rings. The first-order chi connectivity index (χ1) is 9.74. The predicted molar refractivity (Wildman–Crippen MR) is 92.8 cm³/mol. The highest BCUT2D eigenvalue weighted by atomic mass is 79.9. The van der Waals surface area contributed by atoms with Gasteiger partial charge in [0.25, 0.3) is 0 Å². The number of halogens is 2. The first-order valence-electron chi connectivity index (χ1n) is 7.38. The molecule has 0 saturated heterocycles. The highest BCUT2D eigenvalue weighted by Crippen LogP contribution is 2.36. The Hall–Kier alpha value is -0.450. The fourth-order valence-corrected chi connectivity index (χ4v) is 3.47. The van der Waals surface area contributed by atoms with Crippen molar-refractivity contribution in [1.82, 2.24) is 5.32 Å². The van der Waals surface area contributed by atoms with E-state index in [0.717, 1.165) is 22.5 Å². The van der Waals surface area contributed by atoms with Crippen LogP contribution in [0.25, 0.3) is 0 Å². The molecule has 5 heteroatoms. The number of rotatable bonds is 5. The topological polar surface area (TPSA) is 30.5 Å². The van der Waals surface area contributed by atoms with E-state index in [1.165, 1.54) is 44.1 Å². The van der Waals surface area contributed by atoms with E-state index in [0.29, 0.717) is 6.04 Å². The molecule has 2 rings (SSSR count). The van der Waals surface area contributed by atoms with E-state index in [2.05, 4.69) is 27.3 Å². The fourth-order valence-electron chi connectivity index (χ4n) is 2.82. The highest BCUT2D eigenvalue weighted by Gasteiger charge is 2.13. The SMILES string of the molecule is COc1cc(CNC2CCCCCC2)cc(Br)c1OC.Cl. The Kier molecular flexibility index (Phi) is 8.45. The van der Waals surface area contributed by atoms with Gasteiger partial charge < -0.3 is 14.8 Å². The molecule has 1 N–H and O–H groups in total. The van der Waals surface area contributed by atoms with Crippen LogP contribution >= 0.6 is 28.3 Å². The molecule has 0 bridgehead atoms. The van der Waals surface area contributed by atoms with Crippen LogP contribution in [0.5, 0.6) is 11.5 Å². The van der Waals surface area contributed by atoms with Crippen LogP contribution in [0, 0.1) is 0 Å². The van der Waals surface area contributed by atoms with Crippen LogP contribution in [0.4, 0.5) is 0 Å². The standard InChI is InChI=1S/C16H24BrNO2.ClH/c1-19-15-10-12(9-14(17)16(15)20-2)11-18-13-7-5-3-4-6-8-13;/h9-10,13,18H,3-8,11H2,1-2H3;1H. The molecular formula is C16H25BrClNO2. The Morgan fingerprint density at radius 3 is 2.33 bits per heavy atom. The summed E-state index contributed by atoms with van der Waals surface area (Å²) in [5.41, 5.74) is 1.22. The molecule has 0 aromatic heterocycles. The van der Waals surface area contributed by atoms with E-state index in [4.69, 9.17) is 9.47 Å². The third-order valence-electron chi connectivity index (χ3n) is 3.94. The molecule has 21 heavy (non-hydrogen) atoms. The summed E-state index contributed by atoms with van der Waals surface area (Å²) in [6.45, 7) is 0.879. The van der Waals surface area contributed by atoms with Crippen molar-refractivity contribution >= 4 is 28.3 Å². The maximum Gasteiger partial charge on any atom is 0.174 e. The number of benzene rings is 1. The monoisotopic (exact) mass is 377 g/mol. The van der Waals surface area contributed by atoms with E-state index >= 15 is 0 Å². The van der Waals surface area contributed by atoms with Crippen LogP contribution in [-0.2, 0) is 6.54 Å². The van der Waals surface area contributed by atoms with Gasteiger partial charge in [0, 0.05) is 12.6 Å². The van der Waals surface area contributed by atoms with Crippen LogP contribution < -0.4 is 14.8 Å². The molecule has 0 radical (unpaired) electrons. The van der Waals surface area contributed by atoms with E-state index in [-0.39, 0.29) is 12.4 Å². The second-order valence-electron chi connectivity index (χ2n) is 5.38. The first-order valence-corrected chi connectivity index (χ1v) is 8.17. The van der Waals surface area contributed by atoms with Crippen molar-refractivity contribution in [1.29, 1.82) is 0 Å². The largest absolute Gasteiger partial charge is 0.493 e. The van der Waals surface area contributed by atoms with Gasteiger partial charge in [-0.15, -0.1) is 12.4 Å². The summed E-state index contributed by atoms with van der Waals surface area (Å²) in [6.07, 6.45) is 8.09. The summed E-state index contributed by atoms with van der Waals surface area (Å²) in [7, 11) is 3.33. The molecule has 1 fully saturated rings. The number of hydrogen-bond donors (Lipinski definition) is 1. The molecular weight excluding hydrogens is 354 g/mol. The maximum absolute atomic E-state index is 5.39. The Morgan fingerprint density at radius 1 is 1.10 bits per heavy atom. The minimum absolute atomic E-state index is 0. The summed E-state index contributed by atoms with van der Waals surface area (Å²) < 4.78 is 11.7. The van der Waals surface area contributed by atoms with Crippen molar-refractivity contribution in [2.75, 3.05) is 14.2 Å². The van der Waals surface area contributed by atoms with Crippen molar-refractivity contribution in [3.63, 3.8) is 0 Å². The highest BCUT2D eigenvalue weighted by molar-refractivity contribution is 9.10. The average molecular weight is 379 g/mol. The van der Waals surface area contributed by atoms with Crippen LogP contribution in [-0.4, -0.2) is 20.3 Å². The molecule has 0 spiro atoms. The third-order valence-corrected chi connectivity index (χ3v) is 4.53. The summed E-state index contributed by atoms with van der Waals surface area (Å²) in [4.78, 5) is 0. The Bertz CT molecular complexity index is 435. The number of hydrogen-bond acceptors (Lipinski definition) is 3. The van der Waals surface area contributed by atoms with E-state index in [1.807, 2.05) is 6.07 Å². The molecule has 120 valence electrons. The molecule has 1 aliphatic carbocycles. The van der Waals surface area contributed by atoms with Gasteiger partial charge in [0.05, 0.1) is 18.7 Å². The predicted octanol–water partition coefficient (Wildman–Crippen LogP) is 4.70. The normalized spacial score (nSPS) is 16.0. The summed E-state index contributed by atoms with van der Waals surface area (Å²) in [5.74, 6) is 1.53. The first kappa shape index (κ1) is 18.6.